The van der Waals surface area contributed by atoms with Crippen molar-refractivity contribution in [2.45, 2.75) is 32.0 Å². The lowest BCUT2D eigenvalue weighted by atomic mass is 10.1. The molecule has 1 fully saturated rings. The molecule has 5 nitrogen and oxygen atoms in total. The van der Waals surface area contributed by atoms with Crippen LogP contribution in [-0.4, -0.2) is 37.4 Å². The van der Waals surface area contributed by atoms with Gasteiger partial charge in [0.2, 0.25) is 0 Å². The molecule has 0 radical (unpaired) electrons. The van der Waals surface area contributed by atoms with Crippen LogP contribution in [0.2, 0.25) is 5.02 Å². The van der Waals surface area contributed by atoms with Gasteiger partial charge in [0.25, 0.3) is 0 Å². The number of esters is 2. The molecule has 1 aromatic carbocycles. The van der Waals surface area contributed by atoms with Crippen LogP contribution in [0.1, 0.15) is 30.1 Å². The molecular formula is C21H21ClO5. The summed E-state index contributed by atoms with van der Waals surface area (Å²) in [4.78, 5) is 24.5. The van der Waals surface area contributed by atoms with Gasteiger partial charge in [-0.2, -0.15) is 0 Å². The maximum atomic E-state index is 12.4. The highest BCUT2D eigenvalue weighted by atomic mass is 35.5. The molecule has 0 spiro atoms. The van der Waals surface area contributed by atoms with Gasteiger partial charge in [-0.3, -0.25) is 0 Å². The minimum Gasteiger partial charge on any atom is -0.459 e. The molecule has 1 aliphatic carbocycles. The van der Waals surface area contributed by atoms with Gasteiger partial charge in [-0.1, -0.05) is 35.4 Å². The number of carbonyl (C=O) groups is 2. The van der Waals surface area contributed by atoms with Crippen LogP contribution < -0.4 is 0 Å². The van der Waals surface area contributed by atoms with Gasteiger partial charge in [0.1, 0.15) is 18.8 Å². The van der Waals surface area contributed by atoms with Crippen molar-refractivity contribution in [2.75, 3.05) is 13.2 Å². The SMILES string of the molecule is CC1=CCC=C(C(=O)OC2CCOC2COC(=O)c2ccc(Cl)cc2)C=C1. The van der Waals surface area contributed by atoms with Gasteiger partial charge in [-0.05, 0) is 43.7 Å². The Labute approximate surface area is 163 Å². The van der Waals surface area contributed by atoms with Crippen LogP contribution in [0.4, 0.5) is 0 Å². The molecule has 1 heterocycles. The summed E-state index contributed by atoms with van der Waals surface area (Å²) in [7, 11) is 0. The average Bonchev–Trinajstić information content (AvgIpc) is 2.97. The van der Waals surface area contributed by atoms with Gasteiger partial charge >= 0.3 is 11.9 Å². The standard InChI is InChI=1S/C21H21ClO5/c1-14-3-2-4-15(6-5-14)21(24)27-18-11-12-25-19(18)13-26-20(23)16-7-9-17(22)10-8-16/h3-10,18-19H,2,11-13H2,1H3. The summed E-state index contributed by atoms with van der Waals surface area (Å²) in [5.74, 6) is -0.859. The van der Waals surface area contributed by atoms with E-state index in [1.807, 2.05) is 25.2 Å². The van der Waals surface area contributed by atoms with Crippen molar-refractivity contribution in [3.8, 4) is 0 Å². The molecule has 1 aromatic rings. The van der Waals surface area contributed by atoms with E-state index in [4.69, 9.17) is 25.8 Å². The van der Waals surface area contributed by atoms with Crippen molar-refractivity contribution in [2.24, 2.45) is 0 Å². The molecule has 0 N–H and O–H groups in total. The molecule has 0 amide bonds. The lowest BCUT2D eigenvalue weighted by molar-refractivity contribution is -0.147. The number of rotatable bonds is 5. The molecule has 1 aliphatic heterocycles. The zero-order valence-electron chi connectivity index (χ0n) is 15.0. The second-order valence-corrected chi connectivity index (χ2v) is 6.86. The number of hydrogen-bond donors (Lipinski definition) is 0. The number of hydrogen-bond acceptors (Lipinski definition) is 5. The van der Waals surface area contributed by atoms with E-state index in [0.717, 1.165) is 5.57 Å². The lowest BCUT2D eigenvalue weighted by Gasteiger charge is -2.19. The Morgan fingerprint density at radius 2 is 1.93 bits per heavy atom. The Bertz CT molecular complexity index is 791. The van der Waals surface area contributed by atoms with E-state index in [-0.39, 0.29) is 12.6 Å². The van der Waals surface area contributed by atoms with Gasteiger partial charge < -0.3 is 14.2 Å². The summed E-state index contributed by atoms with van der Waals surface area (Å²) in [6.45, 7) is 2.46. The molecule has 0 bridgehead atoms. The maximum Gasteiger partial charge on any atom is 0.338 e. The van der Waals surface area contributed by atoms with Gasteiger partial charge in [0.15, 0.2) is 0 Å². The molecule has 2 unspecified atom stereocenters. The first-order valence-corrected chi connectivity index (χ1v) is 9.21. The molecule has 2 atom stereocenters. The lowest BCUT2D eigenvalue weighted by Crippen LogP contribution is -2.32. The zero-order chi connectivity index (χ0) is 19.2. The third-order valence-electron chi connectivity index (χ3n) is 4.41. The Morgan fingerprint density at radius 3 is 2.70 bits per heavy atom. The fourth-order valence-electron chi connectivity index (χ4n) is 2.83. The molecule has 27 heavy (non-hydrogen) atoms. The highest BCUT2D eigenvalue weighted by Crippen LogP contribution is 2.21. The quantitative estimate of drug-likeness (QED) is 0.712. The van der Waals surface area contributed by atoms with Gasteiger partial charge in [0.05, 0.1) is 17.7 Å². The normalized spacial score (nSPS) is 21.9. The molecular weight excluding hydrogens is 368 g/mol. The summed E-state index contributed by atoms with van der Waals surface area (Å²) in [5, 5.41) is 0.546. The van der Waals surface area contributed by atoms with Crippen LogP contribution >= 0.6 is 11.6 Å². The Morgan fingerprint density at radius 1 is 1.15 bits per heavy atom. The van der Waals surface area contributed by atoms with Crippen LogP contribution in [0.3, 0.4) is 0 Å². The van der Waals surface area contributed by atoms with E-state index >= 15 is 0 Å². The monoisotopic (exact) mass is 388 g/mol. The molecule has 0 saturated carbocycles. The summed E-state index contributed by atoms with van der Waals surface area (Å²) in [5.41, 5.74) is 2.03. The van der Waals surface area contributed by atoms with Crippen LogP contribution in [0.25, 0.3) is 0 Å². The minimum atomic E-state index is -0.472. The predicted octanol–water partition coefficient (Wildman–Crippen LogP) is 4.03. The van der Waals surface area contributed by atoms with E-state index in [1.165, 1.54) is 0 Å². The van der Waals surface area contributed by atoms with Gasteiger partial charge in [0, 0.05) is 11.4 Å². The first-order chi connectivity index (χ1) is 13.0. The first kappa shape index (κ1) is 19.4. The molecule has 3 rings (SSSR count). The van der Waals surface area contributed by atoms with Crippen LogP contribution in [0, 0.1) is 0 Å². The zero-order valence-corrected chi connectivity index (χ0v) is 15.8. The number of allylic oxidation sites excluding steroid dienone is 4. The molecule has 1 saturated heterocycles. The Balaban J connectivity index is 1.53. The fraction of sp³-hybridized carbons (Fsp3) is 0.333. The Kier molecular flexibility index (Phi) is 6.48. The second-order valence-electron chi connectivity index (χ2n) is 6.42. The van der Waals surface area contributed by atoms with Gasteiger partial charge in [-0.25, -0.2) is 9.59 Å². The number of ether oxygens (including phenoxy) is 3. The summed E-state index contributed by atoms with van der Waals surface area (Å²) < 4.78 is 16.5. The van der Waals surface area contributed by atoms with E-state index < -0.39 is 18.2 Å². The van der Waals surface area contributed by atoms with E-state index in [2.05, 4.69) is 0 Å². The van der Waals surface area contributed by atoms with Crippen molar-refractivity contribution < 1.29 is 23.8 Å². The van der Waals surface area contributed by atoms with Crippen LogP contribution in [0.5, 0.6) is 0 Å². The summed E-state index contributed by atoms with van der Waals surface area (Å²) >= 11 is 5.81. The van der Waals surface area contributed by atoms with E-state index in [9.17, 15) is 9.59 Å². The summed E-state index contributed by atoms with van der Waals surface area (Å²) in [6.07, 6.45) is 7.86. The predicted molar refractivity (Wildman–Crippen MR) is 102 cm³/mol. The smallest absolute Gasteiger partial charge is 0.338 e. The third-order valence-corrected chi connectivity index (χ3v) is 4.66. The molecule has 6 heteroatoms. The highest BCUT2D eigenvalue weighted by molar-refractivity contribution is 6.30. The number of benzene rings is 1. The van der Waals surface area contributed by atoms with E-state index in [1.54, 1.807) is 30.3 Å². The van der Waals surface area contributed by atoms with E-state index in [0.29, 0.717) is 35.6 Å². The fourth-order valence-corrected chi connectivity index (χ4v) is 2.96. The first-order valence-electron chi connectivity index (χ1n) is 8.83. The van der Waals surface area contributed by atoms with Crippen molar-refractivity contribution in [3.63, 3.8) is 0 Å². The maximum absolute atomic E-state index is 12.4. The number of carbonyl (C=O) groups excluding carboxylic acids is 2. The third kappa shape index (κ3) is 5.31. The molecule has 142 valence electrons. The van der Waals surface area contributed by atoms with Crippen LogP contribution in [-0.2, 0) is 19.0 Å². The van der Waals surface area contributed by atoms with Crippen molar-refractivity contribution in [1.29, 1.82) is 0 Å². The number of halogens is 1. The molecule has 0 aromatic heterocycles. The average molecular weight is 389 g/mol. The van der Waals surface area contributed by atoms with Gasteiger partial charge in [-0.15, -0.1) is 0 Å². The minimum absolute atomic E-state index is 0.0228. The van der Waals surface area contributed by atoms with Crippen LogP contribution in [0.15, 0.2) is 59.7 Å². The van der Waals surface area contributed by atoms with Crippen molar-refractivity contribution >= 4 is 23.5 Å². The second kappa shape index (κ2) is 9.02. The van der Waals surface area contributed by atoms with Crippen molar-refractivity contribution in [3.05, 3.63) is 70.3 Å². The largest absolute Gasteiger partial charge is 0.459 e. The highest BCUT2D eigenvalue weighted by Gasteiger charge is 2.33. The molecule has 2 aliphatic rings. The van der Waals surface area contributed by atoms with Crippen molar-refractivity contribution in [1.82, 2.24) is 0 Å². The summed E-state index contributed by atoms with van der Waals surface area (Å²) in [6, 6.07) is 6.44. The Hall–Kier alpha value is -2.37. The topological polar surface area (TPSA) is 61.8 Å².